The van der Waals surface area contributed by atoms with E-state index in [9.17, 15) is 4.79 Å². The van der Waals surface area contributed by atoms with Gasteiger partial charge in [0.2, 0.25) is 11.8 Å². The molecule has 0 radical (unpaired) electrons. The van der Waals surface area contributed by atoms with E-state index in [1.807, 2.05) is 62.4 Å². The SMILES string of the molecule is Cc1ccc2c(C)c(C(=O)NCCc3nnc(-c4ccccc4)o3)oc2c1. The smallest absolute Gasteiger partial charge is 0.287 e. The fraction of sp³-hybridized carbons (Fsp3) is 0.190. The van der Waals surface area contributed by atoms with E-state index in [4.69, 9.17) is 8.83 Å². The average Bonchev–Trinajstić information content (AvgIpc) is 3.27. The van der Waals surface area contributed by atoms with E-state index in [1.165, 1.54) is 0 Å². The van der Waals surface area contributed by atoms with Crippen molar-refractivity contribution in [2.75, 3.05) is 6.54 Å². The number of hydrogen-bond donors (Lipinski definition) is 1. The molecule has 6 heteroatoms. The topological polar surface area (TPSA) is 81.2 Å². The summed E-state index contributed by atoms with van der Waals surface area (Å²) in [6, 6.07) is 15.5. The summed E-state index contributed by atoms with van der Waals surface area (Å²) in [7, 11) is 0. The summed E-state index contributed by atoms with van der Waals surface area (Å²) in [4.78, 5) is 12.5. The Balaban J connectivity index is 1.40. The van der Waals surface area contributed by atoms with Crippen LogP contribution in [0.15, 0.2) is 57.4 Å². The van der Waals surface area contributed by atoms with E-state index < -0.39 is 0 Å². The molecule has 2 heterocycles. The predicted molar refractivity (Wildman–Crippen MR) is 101 cm³/mol. The van der Waals surface area contributed by atoms with Crippen molar-refractivity contribution < 1.29 is 13.6 Å². The van der Waals surface area contributed by atoms with E-state index in [1.54, 1.807) is 0 Å². The molecule has 0 bridgehead atoms. The van der Waals surface area contributed by atoms with Gasteiger partial charge in [-0.1, -0.05) is 30.3 Å². The zero-order chi connectivity index (χ0) is 18.8. The predicted octanol–water partition coefficient (Wildman–Crippen LogP) is 4.07. The third-order valence-electron chi connectivity index (χ3n) is 4.41. The number of fused-ring (bicyclic) bond motifs is 1. The number of hydrogen-bond acceptors (Lipinski definition) is 5. The quantitative estimate of drug-likeness (QED) is 0.579. The Morgan fingerprint density at radius 3 is 2.67 bits per heavy atom. The number of nitrogens with one attached hydrogen (secondary N) is 1. The van der Waals surface area contributed by atoms with Crippen molar-refractivity contribution in [3.63, 3.8) is 0 Å². The van der Waals surface area contributed by atoms with Gasteiger partial charge in [-0.3, -0.25) is 4.79 Å². The molecule has 0 fully saturated rings. The van der Waals surface area contributed by atoms with Gasteiger partial charge in [0, 0.05) is 29.5 Å². The number of furan rings is 1. The zero-order valence-electron chi connectivity index (χ0n) is 15.2. The van der Waals surface area contributed by atoms with Crippen LogP contribution in [0.5, 0.6) is 0 Å². The Morgan fingerprint density at radius 1 is 1.04 bits per heavy atom. The molecule has 6 nitrogen and oxygen atoms in total. The van der Waals surface area contributed by atoms with Crippen LogP contribution in [0.2, 0.25) is 0 Å². The van der Waals surface area contributed by atoms with Crippen LogP contribution in [0.1, 0.15) is 27.6 Å². The number of aryl methyl sites for hydroxylation is 2. The van der Waals surface area contributed by atoms with E-state index >= 15 is 0 Å². The summed E-state index contributed by atoms with van der Waals surface area (Å²) in [5, 5.41) is 11.9. The Kier molecular flexibility index (Phi) is 4.46. The normalized spacial score (nSPS) is 11.0. The van der Waals surface area contributed by atoms with Gasteiger partial charge in [-0.15, -0.1) is 10.2 Å². The van der Waals surface area contributed by atoms with Gasteiger partial charge in [0.25, 0.3) is 5.91 Å². The number of carbonyl (C=O) groups is 1. The molecule has 0 unspecified atom stereocenters. The maximum atomic E-state index is 12.5. The largest absolute Gasteiger partial charge is 0.451 e. The van der Waals surface area contributed by atoms with Crippen LogP contribution in [0.3, 0.4) is 0 Å². The van der Waals surface area contributed by atoms with Crippen LogP contribution < -0.4 is 5.32 Å². The summed E-state index contributed by atoms with van der Waals surface area (Å²) in [5.41, 5.74) is 3.52. The van der Waals surface area contributed by atoms with Crippen molar-refractivity contribution in [3.05, 3.63) is 71.3 Å². The van der Waals surface area contributed by atoms with Crippen LogP contribution in [0, 0.1) is 13.8 Å². The van der Waals surface area contributed by atoms with Gasteiger partial charge in [-0.2, -0.15) is 0 Å². The van der Waals surface area contributed by atoms with Crippen molar-refractivity contribution in [2.45, 2.75) is 20.3 Å². The summed E-state index contributed by atoms with van der Waals surface area (Å²) in [6.45, 7) is 4.26. The lowest BCUT2D eigenvalue weighted by Gasteiger charge is -2.01. The molecule has 1 N–H and O–H groups in total. The highest BCUT2D eigenvalue weighted by molar-refractivity contribution is 5.99. The Hall–Kier alpha value is -3.41. The van der Waals surface area contributed by atoms with Crippen molar-refractivity contribution in [3.8, 4) is 11.5 Å². The van der Waals surface area contributed by atoms with Crippen LogP contribution in [0.4, 0.5) is 0 Å². The molecular weight excluding hydrogens is 342 g/mol. The fourth-order valence-electron chi connectivity index (χ4n) is 2.96. The van der Waals surface area contributed by atoms with Crippen molar-refractivity contribution in [1.82, 2.24) is 15.5 Å². The minimum absolute atomic E-state index is 0.246. The summed E-state index contributed by atoms with van der Waals surface area (Å²) in [6.07, 6.45) is 0.448. The monoisotopic (exact) mass is 361 g/mol. The zero-order valence-corrected chi connectivity index (χ0v) is 15.2. The van der Waals surface area contributed by atoms with Gasteiger partial charge in [-0.25, -0.2) is 0 Å². The number of benzene rings is 2. The van der Waals surface area contributed by atoms with Crippen LogP contribution in [-0.4, -0.2) is 22.6 Å². The molecule has 4 rings (SSSR count). The molecule has 0 saturated carbocycles. The number of amides is 1. The second-order valence-corrected chi connectivity index (χ2v) is 6.43. The first-order valence-electron chi connectivity index (χ1n) is 8.77. The summed E-state index contributed by atoms with van der Waals surface area (Å²) in [5.74, 6) is 1.04. The summed E-state index contributed by atoms with van der Waals surface area (Å²) >= 11 is 0. The minimum Gasteiger partial charge on any atom is -0.451 e. The maximum absolute atomic E-state index is 12.5. The van der Waals surface area contributed by atoms with Crippen LogP contribution in [-0.2, 0) is 6.42 Å². The lowest BCUT2D eigenvalue weighted by molar-refractivity contribution is 0.0927. The first kappa shape index (κ1) is 17.0. The number of rotatable bonds is 5. The lowest BCUT2D eigenvalue weighted by atomic mass is 10.1. The number of aromatic nitrogens is 2. The van der Waals surface area contributed by atoms with E-state index in [-0.39, 0.29) is 5.91 Å². The second kappa shape index (κ2) is 7.07. The fourth-order valence-corrected chi connectivity index (χ4v) is 2.96. The van der Waals surface area contributed by atoms with Gasteiger partial charge >= 0.3 is 0 Å². The molecule has 2 aromatic heterocycles. The molecule has 4 aromatic rings. The van der Waals surface area contributed by atoms with E-state index in [0.717, 1.165) is 27.7 Å². The Labute approximate surface area is 156 Å². The van der Waals surface area contributed by atoms with Gasteiger partial charge in [0.1, 0.15) is 5.58 Å². The van der Waals surface area contributed by atoms with E-state index in [2.05, 4.69) is 15.5 Å². The maximum Gasteiger partial charge on any atom is 0.287 e. The molecular formula is C21H19N3O3. The van der Waals surface area contributed by atoms with Gasteiger partial charge < -0.3 is 14.2 Å². The average molecular weight is 361 g/mol. The van der Waals surface area contributed by atoms with E-state index in [0.29, 0.717) is 30.5 Å². The third kappa shape index (κ3) is 3.46. The van der Waals surface area contributed by atoms with Crippen molar-refractivity contribution in [1.29, 1.82) is 0 Å². The Morgan fingerprint density at radius 2 is 1.85 bits per heavy atom. The molecule has 2 aromatic carbocycles. The molecule has 1 amide bonds. The number of nitrogens with zero attached hydrogens (tertiary/aromatic N) is 2. The molecule has 0 aliphatic carbocycles. The molecule has 0 atom stereocenters. The highest BCUT2D eigenvalue weighted by atomic mass is 16.4. The molecule has 0 aliphatic rings. The molecule has 27 heavy (non-hydrogen) atoms. The number of carbonyl (C=O) groups excluding carboxylic acids is 1. The molecule has 0 saturated heterocycles. The molecule has 136 valence electrons. The second-order valence-electron chi connectivity index (χ2n) is 6.43. The third-order valence-corrected chi connectivity index (χ3v) is 4.41. The van der Waals surface area contributed by atoms with Gasteiger partial charge in [0.15, 0.2) is 5.76 Å². The first-order valence-corrected chi connectivity index (χ1v) is 8.77. The van der Waals surface area contributed by atoms with Crippen molar-refractivity contribution >= 4 is 16.9 Å². The molecule has 0 aliphatic heterocycles. The summed E-state index contributed by atoms with van der Waals surface area (Å²) < 4.78 is 11.4. The lowest BCUT2D eigenvalue weighted by Crippen LogP contribution is -2.25. The Bertz CT molecular complexity index is 1100. The van der Waals surface area contributed by atoms with Crippen molar-refractivity contribution in [2.24, 2.45) is 0 Å². The molecule has 0 spiro atoms. The highest BCUT2D eigenvalue weighted by Gasteiger charge is 2.17. The highest BCUT2D eigenvalue weighted by Crippen LogP contribution is 2.26. The minimum atomic E-state index is -0.246. The van der Waals surface area contributed by atoms with Crippen LogP contribution >= 0.6 is 0 Å². The van der Waals surface area contributed by atoms with Gasteiger partial charge in [0.05, 0.1) is 0 Å². The standard InChI is InChI=1S/C21H19N3O3/c1-13-8-9-16-14(2)19(26-17(16)12-13)20(25)22-11-10-18-23-24-21(27-18)15-6-4-3-5-7-15/h3-9,12H,10-11H2,1-2H3,(H,22,25). The van der Waals surface area contributed by atoms with Gasteiger partial charge in [-0.05, 0) is 37.6 Å². The van der Waals surface area contributed by atoms with Crippen LogP contribution in [0.25, 0.3) is 22.4 Å². The first-order chi connectivity index (χ1) is 13.1.